The number of hydrogen-bond donors (Lipinski definition) is 2. The van der Waals surface area contributed by atoms with E-state index in [1.54, 1.807) is 12.1 Å². The fourth-order valence-electron chi connectivity index (χ4n) is 2.44. The molecule has 0 aliphatic carbocycles. The first-order chi connectivity index (χ1) is 10.6. The Labute approximate surface area is 142 Å². The summed E-state index contributed by atoms with van der Waals surface area (Å²) < 4.78 is 10.2. The molecule has 0 bridgehead atoms. The summed E-state index contributed by atoms with van der Waals surface area (Å²) in [5, 5.41) is 2.87. The lowest BCUT2D eigenvalue weighted by atomic mass is 10.1. The topological polar surface area (TPSA) is 90.7 Å². The van der Waals surface area contributed by atoms with Crippen molar-refractivity contribution in [2.75, 3.05) is 20.2 Å². The van der Waals surface area contributed by atoms with E-state index >= 15 is 0 Å². The number of nitrogens with two attached hydrogens (primary N) is 1. The minimum atomic E-state index is -0.379. The monoisotopic (exact) mass is 342 g/mol. The maximum absolute atomic E-state index is 11.9. The fourth-order valence-corrected chi connectivity index (χ4v) is 2.44. The number of methoxy groups -OCH3 is 1. The molecule has 1 aliphatic heterocycles. The Hall–Kier alpha value is -1.63. The molecule has 1 fully saturated rings. The molecule has 7 heteroatoms. The molecule has 23 heavy (non-hydrogen) atoms. The second kappa shape index (κ2) is 9.50. The molecular formula is C16H23ClN2O4. The molecule has 0 unspecified atom stereocenters. The number of hydrogen-bond acceptors (Lipinski definition) is 5. The van der Waals surface area contributed by atoms with Crippen molar-refractivity contribution in [1.82, 2.24) is 5.32 Å². The van der Waals surface area contributed by atoms with Crippen LogP contribution in [0.4, 0.5) is 0 Å². The molecule has 1 aliphatic rings. The number of amides is 1. The third-order valence-electron chi connectivity index (χ3n) is 3.75. The predicted molar refractivity (Wildman–Crippen MR) is 88.7 cm³/mol. The van der Waals surface area contributed by atoms with Gasteiger partial charge in [-0.2, -0.15) is 0 Å². The summed E-state index contributed by atoms with van der Waals surface area (Å²) in [5.74, 6) is -0.435. The number of ether oxygens (including phenoxy) is 2. The molecule has 3 N–H and O–H groups in total. The number of nitrogens with one attached hydrogen (secondary N) is 1. The summed E-state index contributed by atoms with van der Waals surface area (Å²) >= 11 is 0. The van der Waals surface area contributed by atoms with Crippen LogP contribution in [-0.2, 0) is 20.7 Å². The molecule has 1 heterocycles. The Kier molecular flexibility index (Phi) is 8.02. The van der Waals surface area contributed by atoms with Crippen molar-refractivity contribution in [3.63, 3.8) is 0 Å². The lowest BCUT2D eigenvalue weighted by Gasteiger charge is -2.12. The van der Waals surface area contributed by atoms with E-state index < -0.39 is 0 Å². The second-order valence-corrected chi connectivity index (χ2v) is 5.29. The number of esters is 1. The van der Waals surface area contributed by atoms with Crippen LogP contribution in [0.2, 0.25) is 0 Å². The average molecular weight is 343 g/mol. The number of halogens is 1. The summed E-state index contributed by atoms with van der Waals surface area (Å²) in [6.45, 7) is 0.986. The Morgan fingerprint density at radius 3 is 2.57 bits per heavy atom. The average Bonchev–Trinajstić information content (AvgIpc) is 3.04. The highest BCUT2D eigenvalue weighted by atomic mass is 35.5. The van der Waals surface area contributed by atoms with Gasteiger partial charge in [0, 0.05) is 13.1 Å². The van der Waals surface area contributed by atoms with Crippen molar-refractivity contribution in [2.45, 2.75) is 31.5 Å². The largest absolute Gasteiger partial charge is 0.465 e. The SMILES string of the molecule is COC(=O)c1ccc(CCNC(=O)[C@@H]2CC[C@H](CN)O2)cc1.Cl. The standard InChI is InChI=1S/C16H22N2O4.ClH/c1-21-16(20)12-4-2-11(3-5-12)8-9-18-15(19)14-7-6-13(10-17)22-14;/h2-5,13-14H,6-10,17H2,1H3,(H,18,19);1H/t13-,14+;/m1./s1. The van der Waals surface area contributed by atoms with E-state index in [1.165, 1.54) is 7.11 Å². The number of carbonyl (C=O) groups excluding carboxylic acids is 2. The Morgan fingerprint density at radius 2 is 2.00 bits per heavy atom. The smallest absolute Gasteiger partial charge is 0.337 e. The zero-order chi connectivity index (χ0) is 15.9. The highest BCUT2D eigenvalue weighted by molar-refractivity contribution is 5.89. The molecule has 0 spiro atoms. The summed E-state index contributed by atoms with van der Waals surface area (Å²) in [6.07, 6.45) is 1.88. The van der Waals surface area contributed by atoms with Gasteiger partial charge in [-0.15, -0.1) is 12.4 Å². The predicted octanol–water partition coefficient (Wildman–Crippen LogP) is 1.06. The van der Waals surface area contributed by atoms with E-state index in [-0.39, 0.29) is 36.5 Å². The number of carbonyl (C=O) groups is 2. The quantitative estimate of drug-likeness (QED) is 0.754. The van der Waals surface area contributed by atoms with Crippen LogP contribution in [-0.4, -0.2) is 44.3 Å². The lowest BCUT2D eigenvalue weighted by Crippen LogP contribution is -2.36. The molecule has 1 amide bonds. The number of benzene rings is 1. The van der Waals surface area contributed by atoms with E-state index in [1.807, 2.05) is 12.1 Å². The van der Waals surface area contributed by atoms with Gasteiger partial charge in [0.05, 0.1) is 18.8 Å². The molecule has 0 saturated carbocycles. The van der Waals surface area contributed by atoms with Crippen LogP contribution in [0.1, 0.15) is 28.8 Å². The third-order valence-corrected chi connectivity index (χ3v) is 3.75. The Bertz CT molecular complexity index is 521. The molecule has 128 valence electrons. The fraction of sp³-hybridized carbons (Fsp3) is 0.500. The van der Waals surface area contributed by atoms with Gasteiger partial charge >= 0.3 is 5.97 Å². The van der Waals surface area contributed by atoms with Crippen LogP contribution in [0.5, 0.6) is 0 Å². The third kappa shape index (κ3) is 5.49. The molecule has 1 aromatic carbocycles. The van der Waals surface area contributed by atoms with E-state index in [0.717, 1.165) is 18.4 Å². The van der Waals surface area contributed by atoms with Crippen molar-refractivity contribution in [3.05, 3.63) is 35.4 Å². The zero-order valence-corrected chi connectivity index (χ0v) is 13.9. The van der Waals surface area contributed by atoms with Crippen LogP contribution >= 0.6 is 12.4 Å². The number of rotatable bonds is 6. The van der Waals surface area contributed by atoms with Crippen LogP contribution < -0.4 is 11.1 Å². The lowest BCUT2D eigenvalue weighted by molar-refractivity contribution is -0.131. The summed E-state index contributed by atoms with van der Waals surface area (Å²) in [5.41, 5.74) is 7.08. The van der Waals surface area contributed by atoms with E-state index in [9.17, 15) is 9.59 Å². The summed E-state index contributed by atoms with van der Waals surface area (Å²) in [7, 11) is 1.35. The van der Waals surface area contributed by atoms with Gasteiger partial charge in [0.15, 0.2) is 0 Å². The van der Waals surface area contributed by atoms with Gasteiger partial charge in [-0.1, -0.05) is 12.1 Å². The minimum Gasteiger partial charge on any atom is -0.465 e. The summed E-state index contributed by atoms with van der Waals surface area (Å²) in [6, 6.07) is 7.15. The highest BCUT2D eigenvalue weighted by Crippen LogP contribution is 2.18. The minimum absolute atomic E-state index is 0. The molecule has 6 nitrogen and oxygen atoms in total. The molecule has 0 aromatic heterocycles. The van der Waals surface area contributed by atoms with Crippen molar-refractivity contribution >= 4 is 24.3 Å². The van der Waals surface area contributed by atoms with E-state index in [2.05, 4.69) is 10.1 Å². The first-order valence-electron chi connectivity index (χ1n) is 7.44. The molecule has 2 atom stereocenters. The van der Waals surface area contributed by atoms with Gasteiger partial charge in [0.2, 0.25) is 5.91 Å². The molecule has 0 radical (unpaired) electrons. The van der Waals surface area contributed by atoms with Gasteiger partial charge < -0.3 is 20.5 Å². The first-order valence-corrected chi connectivity index (χ1v) is 7.44. The van der Waals surface area contributed by atoms with Crippen LogP contribution in [0.15, 0.2) is 24.3 Å². The van der Waals surface area contributed by atoms with Crippen molar-refractivity contribution in [1.29, 1.82) is 0 Å². The second-order valence-electron chi connectivity index (χ2n) is 5.29. The van der Waals surface area contributed by atoms with Crippen LogP contribution in [0, 0.1) is 0 Å². The van der Waals surface area contributed by atoms with E-state index in [4.69, 9.17) is 10.5 Å². The van der Waals surface area contributed by atoms with Gasteiger partial charge in [-0.25, -0.2) is 4.79 Å². The summed E-state index contributed by atoms with van der Waals surface area (Å²) in [4.78, 5) is 23.3. The molecular weight excluding hydrogens is 320 g/mol. The van der Waals surface area contributed by atoms with Gasteiger partial charge in [-0.3, -0.25) is 4.79 Å². The van der Waals surface area contributed by atoms with Crippen LogP contribution in [0.25, 0.3) is 0 Å². The van der Waals surface area contributed by atoms with Gasteiger partial charge in [0.25, 0.3) is 0 Å². The molecule has 1 saturated heterocycles. The van der Waals surface area contributed by atoms with Crippen molar-refractivity contribution in [3.8, 4) is 0 Å². The van der Waals surface area contributed by atoms with Gasteiger partial charge in [0.1, 0.15) is 6.10 Å². The normalized spacial score (nSPS) is 19.7. The maximum atomic E-state index is 11.9. The zero-order valence-electron chi connectivity index (χ0n) is 13.1. The van der Waals surface area contributed by atoms with Gasteiger partial charge in [-0.05, 0) is 37.0 Å². The first kappa shape index (κ1) is 19.4. The molecule has 2 rings (SSSR count). The van der Waals surface area contributed by atoms with Crippen molar-refractivity contribution < 1.29 is 19.1 Å². The van der Waals surface area contributed by atoms with Crippen LogP contribution in [0.3, 0.4) is 0 Å². The Balaban J connectivity index is 0.00000264. The van der Waals surface area contributed by atoms with Crippen molar-refractivity contribution in [2.24, 2.45) is 5.73 Å². The maximum Gasteiger partial charge on any atom is 0.337 e. The molecule has 1 aromatic rings. The highest BCUT2D eigenvalue weighted by Gasteiger charge is 2.29. The van der Waals surface area contributed by atoms with E-state index in [0.29, 0.717) is 25.1 Å². The Morgan fingerprint density at radius 1 is 1.30 bits per heavy atom.